The van der Waals surface area contributed by atoms with E-state index in [1.807, 2.05) is 0 Å². The molecule has 0 saturated heterocycles. The van der Waals surface area contributed by atoms with Crippen LogP contribution in [0.25, 0.3) is 0 Å². The first-order valence-corrected chi connectivity index (χ1v) is 5.89. The SMILES string of the molecule is Fc1c(Cl)cccc1Oc1cc(C(F)(F)F)cc(Cl)n1. The van der Waals surface area contributed by atoms with Crippen LogP contribution in [0.2, 0.25) is 10.2 Å². The topological polar surface area (TPSA) is 22.1 Å². The van der Waals surface area contributed by atoms with Gasteiger partial charge in [-0.1, -0.05) is 29.3 Å². The number of rotatable bonds is 2. The molecule has 2 aromatic rings. The minimum Gasteiger partial charge on any atom is -0.436 e. The molecule has 0 aliphatic rings. The van der Waals surface area contributed by atoms with Crippen LogP contribution < -0.4 is 4.74 Å². The number of pyridine rings is 1. The lowest BCUT2D eigenvalue weighted by molar-refractivity contribution is -0.137. The predicted molar refractivity (Wildman–Crippen MR) is 65.7 cm³/mol. The van der Waals surface area contributed by atoms with E-state index in [1.165, 1.54) is 18.2 Å². The van der Waals surface area contributed by atoms with E-state index < -0.39 is 28.6 Å². The molecule has 2 rings (SSSR count). The Balaban J connectivity index is 2.39. The summed E-state index contributed by atoms with van der Waals surface area (Å²) in [6.07, 6.45) is -4.61. The van der Waals surface area contributed by atoms with E-state index in [0.717, 1.165) is 0 Å². The van der Waals surface area contributed by atoms with Gasteiger partial charge in [0, 0.05) is 6.07 Å². The summed E-state index contributed by atoms with van der Waals surface area (Å²) in [5.41, 5.74) is -1.05. The maximum absolute atomic E-state index is 13.6. The van der Waals surface area contributed by atoms with Gasteiger partial charge in [0.1, 0.15) is 5.15 Å². The van der Waals surface area contributed by atoms with Crippen LogP contribution in [0, 0.1) is 5.82 Å². The summed E-state index contributed by atoms with van der Waals surface area (Å²) in [7, 11) is 0. The van der Waals surface area contributed by atoms with Gasteiger partial charge in [0.15, 0.2) is 11.6 Å². The first-order chi connectivity index (χ1) is 9.27. The molecule has 0 bridgehead atoms. The summed E-state index contributed by atoms with van der Waals surface area (Å²) in [6, 6.07) is 5.12. The molecule has 106 valence electrons. The largest absolute Gasteiger partial charge is 0.436 e. The summed E-state index contributed by atoms with van der Waals surface area (Å²) in [6.45, 7) is 0. The fourth-order valence-electron chi connectivity index (χ4n) is 1.36. The Morgan fingerprint density at radius 2 is 1.80 bits per heavy atom. The molecular weight excluding hydrogens is 321 g/mol. The van der Waals surface area contributed by atoms with Crippen molar-refractivity contribution in [1.29, 1.82) is 0 Å². The summed E-state index contributed by atoms with van der Waals surface area (Å²) in [5, 5.41) is -0.641. The van der Waals surface area contributed by atoms with E-state index >= 15 is 0 Å². The van der Waals surface area contributed by atoms with E-state index in [9.17, 15) is 17.6 Å². The molecular formula is C12H5Cl2F4NO. The van der Waals surface area contributed by atoms with Crippen molar-refractivity contribution in [2.75, 3.05) is 0 Å². The third-order valence-electron chi connectivity index (χ3n) is 2.23. The highest BCUT2D eigenvalue weighted by molar-refractivity contribution is 6.30. The van der Waals surface area contributed by atoms with Crippen molar-refractivity contribution in [3.63, 3.8) is 0 Å². The minimum atomic E-state index is -4.61. The van der Waals surface area contributed by atoms with Gasteiger partial charge in [-0.15, -0.1) is 0 Å². The third kappa shape index (κ3) is 3.32. The van der Waals surface area contributed by atoms with Crippen molar-refractivity contribution >= 4 is 23.2 Å². The minimum absolute atomic E-state index is 0.222. The summed E-state index contributed by atoms with van der Waals surface area (Å²) >= 11 is 11.0. The normalized spacial score (nSPS) is 11.5. The van der Waals surface area contributed by atoms with Gasteiger partial charge >= 0.3 is 6.18 Å². The molecule has 0 atom stereocenters. The number of halogens is 6. The lowest BCUT2D eigenvalue weighted by Crippen LogP contribution is -2.06. The van der Waals surface area contributed by atoms with Gasteiger partial charge in [-0.05, 0) is 18.2 Å². The van der Waals surface area contributed by atoms with Crippen molar-refractivity contribution < 1.29 is 22.3 Å². The van der Waals surface area contributed by atoms with Crippen LogP contribution in [0.15, 0.2) is 30.3 Å². The van der Waals surface area contributed by atoms with Crippen molar-refractivity contribution in [3.05, 3.63) is 51.9 Å². The number of hydrogen-bond donors (Lipinski definition) is 0. The monoisotopic (exact) mass is 325 g/mol. The Morgan fingerprint density at radius 1 is 1.10 bits per heavy atom. The lowest BCUT2D eigenvalue weighted by atomic mass is 10.2. The Kier molecular flexibility index (Phi) is 4.06. The molecule has 1 aromatic carbocycles. The molecule has 0 unspecified atom stereocenters. The van der Waals surface area contributed by atoms with E-state index in [0.29, 0.717) is 12.1 Å². The van der Waals surface area contributed by atoms with Crippen LogP contribution >= 0.6 is 23.2 Å². The van der Waals surface area contributed by atoms with Gasteiger partial charge in [-0.3, -0.25) is 0 Å². The summed E-state index contributed by atoms with van der Waals surface area (Å²) in [4.78, 5) is 3.55. The molecule has 8 heteroatoms. The highest BCUT2D eigenvalue weighted by atomic mass is 35.5. The van der Waals surface area contributed by atoms with Crippen LogP contribution in [-0.2, 0) is 6.18 Å². The molecule has 1 heterocycles. The highest BCUT2D eigenvalue weighted by Crippen LogP contribution is 2.34. The molecule has 0 aliphatic heterocycles. The fraction of sp³-hybridized carbons (Fsp3) is 0.0833. The molecule has 0 aliphatic carbocycles. The maximum Gasteiger partial charge on any atom is 0.416 e. The van der Waals surface area contributed by atoms with Crippen molar-refractivity contribution in [2.45, 2.75) is 6.18 Å². The second kappa shape index (κ2) is 5.46. The molecule has 0 spiro atoms. The number of hydrogen-bond acceptors (Lipinski definition) is 2. The predicted octanol–water partition coefficient (Wildman–Crippen LogP) is 5.34. The summed E-state index contributed by atoms with van der Waals surface area (Å²) < 4.78 is 56.3. The van der Waals surface area contributed by atoms with Crippen molar-refractivity contribution in [2.24, 2.45) is 0 Å². The van der Waals surface area contributed by atoms with Gasteiger partial charge in [0.05, 0.1) is 10.6 Å². The number of aromatic nitrogens is 1. The van der Waals surface area contributed by atoms with Crippen LogP contribution in [0.4, 0.5) is 17.6 Å². The molecule has 20 heavy (non-hydrogen) atoms. The zero-order chi connectivity index (χ0) is 14.9. The van der Waals surface area contributed by atoms with Gasteiger partial charge < -0.3 is 4.74 Å². The lowest BCUT2D eigenvalue weighted by Gasteiger charge is -2.10. The van der Waals surface area contributed by atoms with Crippen LogP contribution in [-0.4, -0.2) is 4.98 Å². The summed E-state index contributed by atoms with van der Waals surface area (Å²) in [5.74, 6) is -1.73. The average Bonchev–Trinajstić information content (AvgIpc) is 2.33. The number of ether oxygens (including phenoxy) is 1. The van der Waals surface area contributed by atoms with Crippen molar-refractivity contribution in [1.82, 2.24) is 4.98 Å². The molecule has 0 fully saturated rings. The van der Waals surface area contributed by atoms with E-state index in [1.54, 1.807) is 0 Å². The first-order valence-electron chi connectivity index (χ1n) is 5.14. The van der Waals surface area contributed by atoms with E-state index in [-0.39, 0.29) is 10.8 Å². The maximum atomic E-state index is 13.6. The Bertz CT molecular complexity index is 646. The number of alkyl halides is 3. The van der Waals surface area contributed by atoms with Crippen LogP contribution in [0.3, 0.4) is 0 Å². The smallest absolute Gasteiger partial charge is 0.416 e. The molecule has 0 N–H and O–H groups in total. The first kappa shape index (κ1) is 14.9. The average molecular weight is 326 g/mol. The van der Waals surface area contributed by atoms with Gasteiger partial charge in [-0.2, -0.15) is 13.2 Å². The van der Waals surface area contributed by atoms with Crippen LogP contribution in [0.1, 0.15) is 5.56 Å². The fourth-order valence-corrected chi connectivity index (χ4v) is 1.73. The van der Waals surface area contributed by atoms with E-state index in [2.05, 4.69) is 4.98 Å². The molecule has 0 amide bonds. The van der Waals surface area contributed by atoms with Crippen molar-refractivity contribution in [3.8, 4) is 11.6 Å². The second-order valence-corrected chi connectivity index (χ2v) is 4.46. The number of nitrogens with zero attached hydrogens (tertiary/aromatic N) is 1. The Labute approximate surface area is 120 Å². The quantitative estimate of drug-likeness (QED) is 0.549. The van der Waals surface area contributed by atoms with Gasteiger partial charge in [0.25, 0.3) is 0 Å². The Morgan fingerprint density at radius 3 is 2.45 bits per heavy atom. The number of benzene rings is 1. The second-order valence-electron chi connectivity index (χ2n) is 3.67. The third-order valence-corrected chi connectivity index (χ3v) is 2.71. The molecule has 2 nitrogen and oxygen atoms in total. The zero-order valence-electron chi connectivity index (χ0n) is 9.51. The zero-order valence-corrected chi connectivity index (χ0v) is 11.0. The molecule has 0 radical (unpaired) electrons. The highest BCUT2D eigenvalue weighted by Gasteiger charge is 2.32. The van der Waals surface area contributed by atoms with E-state index in [4.69, 9.17) is 27.9 Å². The molecule has 0 saturated carbocycles. The van der Waals surface area contributed by atoms with Gasteiger partial charge in [-0.25, -0.2) is 9.37 Å². The van der Waals surface area contributed by atoms with Crippen LogP contribution in [0.5, 0.6) is 11.6 Å². The standard InChI is InChI=1S/C12H5Cl2F4NO/c13-7-2-1-3-8(11(7)15)20-10-5-6(12(16,17)18)4-9(14)19-10/h1-5H. The Hall–Kier alpha value is -1.53. The van der Waals surface area contributed by atoms with Gasteiger partial charge in [0.2, 0.25) is 5.88 Å². The molecule has 1 aromatic heterocycles.